The lowest BCUT2D eigenvalue weighted by Crippen LogP contribution is -2.28. The van der Waals surface area contributed by atoms with Gasteiger partial charge in [0.2, 0.25) is 0 Å². The molecule has 1 atom stereocenters. The van der Waals surface area contributed by atoms with Gasteiger partial charge in [-0.25, -0.2) is 0 Å². The number of hydrogen-bond acceptors (Lipinski definition) is 4. The molecule has 26 heavy (non-hydrogen) atoms. The van der Waals surface area contributed by atoms with E-state index in [1.165, 1.54) is 0 Å². The normalized spacial score (nSPS) is 19.8. The van der Waals surface area contributed by atoms with E-state index >= 15 is 0 Å². The van der Waals surface area contributed by atoms with Gasteiger partial charge < -0.3 is 20.1 Å². The van der Waals surface area contributed by atoms with Crippen molar-refractivity contribution >= 4 is 17.5 Å². The minimum Gasteiger partial charge on any atom is -0.497 e. The Balaban J connectivity index is 1.57. The average Bonchev–Trinajstić information content (AvgIpc) is 3.21. The van der Waals surface area contributed by atoms with E-state index in [9.17, 15) is 9.59 Å². The number of nitrogens with one attached hydrogen (secondary N) is 2. The summed E-state index contributed by atoms with van der Waals surface area (Å²) in [4.78, 5) is 24.6. The molecule has 0 aromatic heterocycles. The van der Waals surface area contributed by atoms with Gasteiger partial charge in [-0.2, -0.15) is 0 Å². The highest BCUT2D eigenvalue weighted by Gasteiger charge is 2.23. The maximum atomic E-state index is 12.4. The molecule has 0 saturated carbocycles. The van der Waals surface area contributed by atoms with E-state index in [0.29, 0.717) is 25.4 Å². The van der Waals surface area contributed by atoms with E-state index in [1.807, 2.05) is 31.2 Å². The van der Waals surface area contributed by atoms with Crippen LogP contribution in [0.4, 0.5) is 5.69 Å². The maximum absolute atomic E-state index is 12.4. The van der Waals surface area contributed by atoms with Crippen LogP contribution in [0.1, 0.15) is 44.6 Å². The van der Waals surface area contributed by atoms with Crippen molar-refractivity contribution in [1.29, 1.82) is 0 Å². The quantitative estimate of drug-likeness (QED) is 0.820. The van der Waals surface area contributed by atoms with Gasteiger partial charge >= 0.3 is 0 Å². The smallest absolute Gasteiger partial charge is 0.253 e. The third-order valence-corrected chi connectivity index (χ3v) is 4.65. The topological polar surface area (TPSA) is 76.7 Å². The standard InChI is InChI=1S/C20H26N2O4/c1-2-17-16(8-4-10-25-17)19(23)21-13-14-6-3-7-15(12-14)22-20(24)18-9-5-11-26-18/h3,6-7,12,18H,2,4-5,8-11,13H2,1H3,(H,21,23)(H,22,24). The Labute approximate surface area is 153 Å². The molecule has 2 amide bonds. The summed E-state index contributed by atoms with van der Waals surface area (Å²) < 4.78 is 11.0. The van der Waals surface area contributed by atoms with Crippen LogP contribution < -0.4 is 10.6 Å². The van der Waals surface area contributed by atoms with Gasteiger partial charge in [-0.05, 0) is 43.4 Å². The zero-order valence-corrected chi connectivity index (χ0v) is 15.2. The Kier molecular flexibility index (Phi) is 6.28. The lowest BCUT2D eigenvalue weighted by Gasteiger charge is -2.20. The summed E-state index contributed by atoms with van der Waals surface area (Å²) in [7, 11) is 0. The molecule has 6 heteroatoms. The molecule has 2 aliphatic rings. The molecule has 1 aromatic carbocycles. The second-order valence-corrected chi connectivity index (χ2v) is 6.58. The minimum absolute atomic E-state index is 0.0738. The molecular weight excluding hydrogens is 332 g/mol. The van der Waals surface area contributed by atoms with Crippen molar-refractivity contribution in [3.05, 3.63) is 41.2 Å². The third-order valence-electron chi connectivity index (χ3n) is 4.65. The summed E-state index contributed by atoms with van der Waals surface area (Å²) in [6.45, 7) is 3.73. The van der Waals surface area contributed by atoms with Crippen LogP contribution in [-0.2, 0) is 25.6 Å². The summed E-state index contributed by atoms with van der Waals surface area (Å²) >= 11 is 0. The van der Waals surface area contributed by atoms with Crippen molar-refractivity contribution in [2.75, 3.05) is 18.5 Å². The highest BCUT2D eigenvalue weighted by Crippen LogP contribution is 2.22. The van der Waals surface area contributed by atoms with Crippen LogP contribution in [0.3, 0.4) is 0 Å². The number of allylic oxidation sites excluding steroid dienone is 1. The average molecular weight is 358 g/mol. The maximum Gasteiger partial charge on any atom is 0.253 e. The zero-order valence-electron chi connectivity index (χ0n) is 15.2. The first-order valence-electron chi connectivity index (χ1n) is 9.32. The Bertz CT molecular complexity index is 693. The molecule has 1 saturated heterocycles. The summed E-state index contributed by atoms with van der Waals surface area (Å²) in [5.74, 6) is 0.613. The lowest BCUT2D eigenvalue weighted by molar-refractivity contribution is -0.124. The number of benzene rings is 1. The lowest BCUT2D eigenvalue weighted by atomic mass is 10.0. The van der Waals surface area contributed by atoms with Crippen LogP contribution in [0.15, 0.2) is 35.6 Å². The fraction of sp³-hybridized carbons (Fsp3) is 0.500. The Morgan fingerprint density at radius 1 is 1.23 bits per heavy atom. The third kappa shape index (κ3) is 4.64. The molecule has 6 nitrogen and oxygen atoms in total. The van der Waals surface area contributed by atoms with Crippen LogP contribution in [0, 0.1) is 0 Å². The van der Waals surface area contributed by atoms with E-state index in [4.69, 9.17) is 9.47 Å². The molecule has 1 aromatic rings. The summed E-state index contributed by atoms with van der Waals surface area (Å²) in [5, 5.41) is 5.84. The fourth-order valence-electron chi connectivity index (χ4n) is 3.28. The van der Waals surface area contributed by atoms with Gasteiger partial charge in [0.1, 0.15) is 11.9 Å². The number of ether oxygens (including phenoxy) is 2. The second-order valence-electron chi connectivity index (χ2n) is 6.58. The van der Waals surface area contributed by atoms with Crippen LogP contribution in [0.25, 0.3) is 0 Å². The number of carbonyl (C=O) groups is 2. The Morgan fingerprint density at radius 2 is 2.12 bits per heavy atom. The number of amides is 2. The van der Waals surface area contributed by atoms with Gasteiger partial charge in [0.25, 0.3) is 11.8 Å². The molecule has 2 heterocycles. The van der Waals surface area contributed by atoms with E-state index in [2.05, 4.69) is 10.6 Å². The van der Waals surface area contributed by atoms with Gasteiger partial charge in [0.05, 0.1) is 12.2 Å². The highest BCUT2D eigenvalue weighted by atomic mass is 16.5. The van der Waals surface area contributed by atoms with Crippen molar-refractivity contribution in [2.45, 2.75) is 51.7 Å². The van der Waals surface area contributed by atoms with Gasteiger partial charge in [-0.3, -0.25) is 9.59 Å². The van der Waals surface area contributed by atoms with Gasteiger partial charge in [0, 0.05) is 25.3 Å². The number of rotatable bonds is 6. The van der Waals surface area contributed by atoms with Crippen LogP contribution in [0.5, 0.6) is 0 Å². The van der Waals surface area contributed by atoms with Crippen molar-refractivity contribution in [2.24, 2.45) is 0 Å². The zero-order chi connectivity index (χ0) is 18.4. The number of hydrogen-bond donors (Lipinski definition) is 2. The monoisotopic (exact) mass is 358 g/mol. The van der Waals surface area contributed by atoms with Crippen LogP contribution in [-0.4, -0.2) is 31.1 Å². The van der Waals surface area contributed by atoms with Crippen molar-refractivity contribution in [1.82, 2.24) is 5.32 Å². The number of anilines is 1. The van der Waals surface area contributed by atoms with E-state index in [1.54, 1.807) is 0 Å². The molecule has 0 aliphatic carbocycles. The molecule has 2 aliphatic heterocycles. The largest absolute Gasteiger partial charge is 0.497 e. The molecule has 3 rings (SSSR count). The predicted octanol–water partition coefficient (Wildman–Crippen LogP) is 2.89. The van der Waals surface area contributed by atoms with Crippen molar-refractivity contribution < 1.29 is 19.1 Å². The molecule has 0 radical (unpaired) electrons. The van der Waals surface area contributed by atoms with Crippen LogP contribution in [0.2, 0.25) is 0 Å². The van der Waals surface area contributed by atoms with Crippen molar-refractivity contribution in [3.8, 4) is 0 Å². The summed E-state index contributed by atoms with van der Waals surface area (Å²) in [5.41, 5.74) is 2.40. The molecular formula is C20H26N2O4. The molecule has 0 spiro atoms. The van der Waals surface area contributed by atoms with E-state index in [-0.39, 0.29) is 17.9 Å². The molecule has 1 fully saturated rings. The van der Waals surface area contributed by atoms with Gasteiger partial charge in [-0.15, -0.1) is 0 Å². The van der Waals surface area contributed by atoms with E-state index in [0.717, 1.165) is 49.0 Å². The first kappa shape index (κ1) is 18.5. The SMILES string of the molecule is CCC1=C(C(=O)NCc2cccc(NC(=O)C3CCCO3)c2)CCCO1. The van der Waals surface area contributed by atoms with Crippen LogP contribution >= 0.6 is 0 Å². The first-order chi connectivity index (χ1) is 12.7. The molecule has 140 valence electrons. The van der Waals surface area contributed by atoms with E-state index < -0.39 is 0 Å². The number of carbonyl (C=O) groups excluding carboxylic acids is 2. The minimum atomic E-state index is -0.357. The van der Waals surface area contributed by atoms with Gasteiger partial charge in [0.15, 0.2) is 0 Å². The molecule has 2 N–H and O–H groups in total. The second kappa shape index (κ2) is 8.85. The summed E-state index contributed by atoms with van der Waals surface area (Å²) in [6.07, 6.45) is 3.68. The highest BCUT2D eigenvalue weighted by molar-refractivity contribution is 5.95. The molecule has 0 bridgehead atoms. The fourth-order valence-corrected chi connectivity index (χ4v) is 3.28. The first-order valence-corrected chi connectivity index (χ1v) is 9.32. The Hall–Kier alpha value is -2.34. The Morgan fingerprint density at radius 3 is 2.88 bits per heavy atom. The van der Waals surface area contributed by atoms with Crippen molar-refractivity contribution in [3.63, 3.8) is 0 Å². The summed E-state index contributed by atoms with van der Waals surface area (Å²) in [6, 6.07) is 7.51. The predicted molar refractivity (Wildman–Crippen MR) is 98.4 cm³/mol. The molecule has 1 unspecified atom stereocenters. The van der Waals surface area contributed by atoms with Gasteiger partial charge in [-0.1, -0.05) is 19.1 Å².